The first-order chi connectivity index (χ1) is 9.33. The summed E-state index contributed by atoms with van der Waals surface area (Å²) >= 11 is 0. The maximum Gasteiger partial charge on any atom is 0.326 e. The average molecular weight is 301 g/mol. The minimum absolute atomic E-state index is 0.0154. The molecule has 0 aromatic carbocycles. The lowest BCUT2D eigenvalue weighted by Crippen LogP contribution is -2.76. The molecule has 1 atom stereocenters. The van der Waals surface area contributed by atoms with E-state index in [1.165, 1.54) is 0 Å². The number of nitrogens with one attached hydrogen (secondary N) is 1. The Morgan fingerprint density at radius 1 is 1.35 bits per heavy atom. The summed E-state index contributed by atoms with van der Waals surface area (Å²) in [5, 5.41) is 3.31. The summed E-state index contributed by atoms with van der Waals surface area (Å²) in [4.78, 5) is 34.6. The molecule has 2 amide bonds. The predicted octanol–water partition coefficient (Wildman–Crippen LogP) is -0.204. The van der Waals surface area contributed by atoms with E-state index >= 15 is 0 Å². The Hall–Kier alpha value is -0.620. The third-order valence-corrected chi connectivity index (χ3v) is 6.53. The van der Waals surface area contributed by atoms with E-state index in [0.29, 0.717) is 0 Å². The van der Waals surface area contributed by atoms with Gasteiger partial charge in [0.25, 0.3) is 0 Å². The van der Waals surface area contributed by atoms with Crippen molar-refractivity contribution in [2.24, 2.45) is 5.41 Å². The van der Waals surface area contributed by atoms with E-state index in [1.807, 2.05) is 9.80 Å². The van der Waals surface area contributed by atoms with Gasteiger partial charge in [0, 0.05) is 31.7 Å². The Morgan fingerprint density at radius 3 is 2.65 bits per heavy atom. The predicted molar refractivity (Wildman–Crippen MR) is 71.4 cm³/mol. The SMILES string of the molecule is O=C1N2CCNC[C@H]2CN1C12CC(CP(=O)(O)O)(C1)C2. The van der Waals surface area contributed by atoms with Crippen LogP contribution in [0.25, 0.3) is 0 Å². The molecule has 3 saturated carbocycles. The average Bonchev–Trinajstić information content (AvgIpc) is 2.59. The van der Waals surface area contributed by atoms with Gasteiger partial charge < -0.3 is 24.9 Å². The number of fused-ring (bicyclic) bond motifs is 1. The molecule has 2 bridgehead atoms. The molecular weight excluding hydrogens is 281 g/mol. The molecular formula is C12H20N3O4P. The van der Waals surface area contributed by atoms with Crippen molar-refractivity contribution in [2.45, 2.75) is 30.8 Å². The summed E-state index contributed by atoms with van der Waals surface area (Å²) in [5.41, 5.74) is -0.287. The first-order valence-corrected chi connectivity index (χ1v) is 8.96. The molecule has 0 aromatic rings. The largest absolute Gasteiger partial charge is 0.326 e. The number of piperazine rings is 1. The van der Waals surface area contributed by atoms with E-state index in [9.17, 15) is 9.36 Å². The summed E-state index contributed by atoms with van der Waals surface area (Å²) in [5.74, 6) is 0. The van der Waals surface area contributed by atoms with Gasteiger partial charge in [-0.2, -0.15) is 0 Å². The lowest BCUT2D eigenvalue weighted by molar-refractivity contribution is -0.187. The van der Waals surface area contributed by atoms with Crippen molar-refractivity contribution >= 4 is 13.6 Å². The Balaban J connectivity index is 1.45. The molecule has 5 rings (SSSR count). The molecule has 2 aliphatic heterocycles. The van der Waals surface area contributed by atoms with Crippen LogP contribution >= 0.6 is 7.60 Å². The monoisotopic (exact) mass is 301 g/mol. The highest BCUT2D eigenvalue weighted by Crippen LogP contribution is 2.73. The second-order valence-electron chi connectivity index (χ2n) is 7.02. The first-order valence-electron chi connectivity index (χ1n) is 7.16. The molecule has 112 valence electrons. The van der Waals surface area contributed by atoms with Gasteiger partial charge in [-0.25, -0.2) is 4.79 Å². The molecule has 8 heteroatoms. The van der Waals surface area contributed by atoms with Crippen molar-refractivity contribution in [1.29, 1.82) is 0 Å². The van der Waals surface area contributed by atoms with Crippen LogP contribution in [0.15, 0.2) is 0 Å². The minimum atomic E-state index is -3.94. The van der Waals surface area contributed by atoms with Crippen LogP contribution < -0.4 is 5.32 Å². The number of hydrogen-bond acceptors (Lipinski definition) is 3. The highest BCUT2D eigenvalue weighted by molar-refractivity contribution is 7.51. The van der Waals surface area contributed by atoms with E-state index in [0.717, 1.165) is 45.4 Å². The van der Waals surface area contributed by atoms with Crippen LogP contribution in [0.1, 0.15) is 19.3 Å². The fourth-order valence-corrected chi connectivity index (χ4v) is 6.06. The van der Waals surface area contributed by atoms with Crippen molar-refractivity contribution in [3.63, 3.8) is 0 Å². The number of rotatable bonds is 3. The minimum Gasteiger partial charge on any atom is -0.324 e. The van der Waals surface area contributed by atoms with E-state index in [2.05, 4.69) is 5.32 Å². The summed E-state index contributed by atoms with van der Waals surface area (Å²) < 4.78 is 11.2. The molecule has 2 saturated heterocycles. The standard InChI is InChI=1S/C12H20N3O4P/c16-10-14-2-1-13-3-9(14)4-15(10)12-5-11(6-12,7-12)8-20(17,18)19/h9,13H,1-8H2,(H2,17,18,19)/t9-,11?,12?/m0/s1. The number of nitrogens with zero attached hydrogens (tertiary/aromatic N) is 2. The molecule has 0 radical (unpaired) electrons. The van der Waals surface area contributed by atoms with Crippen LogP contribution in [0.3, 0.4) is 0 Å². The zero-order valence-electron chi connectivity index (χ0n) is 11.3. The highest BCUT2D eigenvalue weighted by atomic mass is 31.2. The molecule has 0 unspecified atom stereocenters. The Labute approximate surface area is 117 Å². The number of amides is 2. The second-order valence-corrected chi connectivity index (χ2v) is 8.67. The van der Waals surface area contributed by atoms with Crippen LogP contribution in [-0.2, 0) is 4.57 Å². The van der Waals surface area contributed by atoms with Gasteiger partial charge in [-0.05, 0) is 24.7 Å². The molecule has 5 aliphatic rings. The van der Waals surface area contributed by atoms with Gasteiger partial charge in [-0.15, -0.1) is 0 Å². The van der Waals surface area contributed by atoms with Gasteiger partial charge >= 0.3 is 13.6 Å². The smallest absolute Gasteiger partial charge is 0.324 e. The van der Waals surface area contributed by atoms with Crippen LogP contribution in [0.4, 0.5) is 4.79 Å². The van der Waals surface area contributed by atoms with E-state index < -0.39 is 7.60 Å². The van der Waals surface area contributed by atoms with Gasteiger partial charge in [0.05, 0.1) is 12.2 Å². The maximum atomic E-state index is 12.5. The molecule has 2 heterocycles. The molecule has 3 aliphatic carbocycles. The zero-order valence-corrected chi connectivity index (χ0v) is 12.2. The molecule has 20 heavy (non-hydrogen) atoms. The quantitative estimate of drug-likeness (QED) is 0.628. The highest BCUT2D eigenvalue weighted by Gasteiger charge is 2.73. The van der Waals surface area contributed by atoms with Gasteiger partial charge in [0.2, 0.25) is 0 Å². The molecule has 7 nitrogen and oxygen atoms in total. The first kappa shape index (κ1) is 13.1. The van der Waals surface area contributed by atoms with Crippen LogP contribution in [0.2, 0.25) is 0 Å². The molecule has 5 fully saturated rings. The normalized spacial score (nSPS) is 43.1. The summed E-state index contributed by atoms with van der Waals surface area (Å²) in [6.45, 7) is 3.23. The number of urea groups is 1. The maximum absolute atomic E-state index is 12.5. The zero-order chi connectivity index (χ0) is 14.2. The third kappa shape index (κ3) is 1.70. The van der Waals surface area contributed by atoms with E-state index in [4.69, 9.17) is 9.79 Å². The second kappa shape index (κ2) is 3.77. The molecule has 0 aromatic heterocycles. The summed E-state index contributed by atoms with van der Waals surface area (Å²) in [6.07, 6.45) is 2.29. The number of carbonyl (C=O) groups excluding carboxylic acids is 1. The summed E-state index contributed by atoms with van der Waals surface area (Å²) in [7, 11) is -3.94. The Kier molecular flexibility index (Phi) is 2.46. The van der Waals surface area contributed by atoms with Crippen molar-refractivity contribution in [3.8, 4) is 0 Å². The fourth-order valence-electron chi connectivity index (χ4n) is 4.85. The molecule has 3 N–H and O–H groups in total. The topological polar surface area (TPSA) is 93.1 Å². The van der Waals surface area contributed by atoms with Crippen LogP contribution in [-0.4, -0.2) is 69.5 Å². The summed E-state index contributed by atoms with van der Waals surface area (Å²) in [6, 6.07) is 0.393. The lowest BCUT2D eigenvalue weighted by Gasteiger charge is -2.73. The number of carbonyl (C=O) groups is 1. The van der Waals surface area contributed by atoms with E-state index in [-0.39, 0.29) is 29.2 Å². The Bertz CT molecular complexity index is 499. The Morgan fingerprint density at radius 2 is 2.05 bits per heavy atom. The lowest BCUT2D eigenvalue weighted by atomic mass is 9.39. The van der Waals surface area contributed by atoms with Crippen molar-refractivity contribution in [1.82, 2.24) is 15.1 Å². The number of hydrogen-bond donors (Lipinski definition) is 3. The van der Waals surface area contributed by atoms with Crippen LogP contribution in [0, 0.1) is 5.41 Å². The van der Waals surface area contributed by atoms with Gasteiger partial charge in [-0.1, -0.05) is 0 Å². The van der Waals surface area contributed by atoms with Crippen molar-refractivity contribution < 1.29 is 19.1 Å². The van der Waals surface area contributed by atoms with Gasteiger partial charge in [0.15, 0.2) is 0 Å². The fraction of sp³-hybridized carbons (Fsp3) is 0.917. The van der Waals surface area contributed by atoms with E-state index in [1.54, 1.807) is 0 Å². The van der Waals surface area contributed by atoms with Gasteiger partial charge in [-0.3, -0.25) is 4.57 Å². The third-order valence-electron chi connectivity index (χ3n) is 5.45. The van der Waals surface area contributed by atoms with Crippen molar-refractivity contribution in [3.05, 3.63) is 0 Å². The van der Waals surface area contributed by atoms with Crippen molar-refractivity contribution in [2.75, 3.05) is 32.3 Å². The van der Waals surface area contributed by atoms with Gasteiger partial charge in [0.1, 0.15) is 0 Å². The van der Waals surface area contributed by atoms with Crippen LogP contribution in [0.5, 0.6) is 0 Å². The molecule has 0 spiro atoms.